The molecule has 3 aromatic rings. The van der Waals surface area contributed by atoms with Gasteiger partial charge in [-0.2, -0.15) is 4.98 Å². The lowest BCUT2D eigenvalue weighted by Crippen LogP contribution is -2.36. The summed E-state index contributed by atoms with van der Waals surface area (Å²) in [5.74, 6) is 3.46. The van der Waals surface area contributed by atoms with E-state index in [0.29, 0.717) is 18.5 Å². The Balaban J connectivity index is 1.56. The lowest BCUT2D eigenvalue weighted by Gasteiger charge is -2.32. The van der Waals surface area contributed by atoms with Crippen molar-refractivity contribution in [2.45, 2.75) is 33.6 Å². The Morgan fingerprint density at radius 3 is 2.90 bits per heavy atom. The number of nitrogens with zero attached hydrogens (tertiary/aromatic N) is 5. The molecule has 0 spiro atoms. The molecule has 1 unspecified atom stereocenters. The fourth-order valence-corrected chi connectivity index (χ4v) is 3.91. The van der Waals surface area contributed by atoms with Crippen molar-refractivity contribution in [3.8, 4) is 17.2 Å². The Bertz CT molecular complexity index is 1030. The molecule has 1 atom stereocenters. The summed E-state index contributed by atoms with van der Waals surface area (Å²) in [4.78, 5) is 15.8. The van der Waals surface area contributed by atoms with Crippen LogP contribution in [0.25, 0.3) is 5.69 Å². The van der Waals surface area contributed by atoms with E-state index in [2.05, 4.69) is 34.0 Å². The molecule has 31 heavy (non-hydrogen) atoms. The number of nitrogens with one attached hydrogen (secondary N) is 1. The molecule has 4 rings (SSSR count). The second-order valence-electron chi connectivity index (χ2n) is 8.00. The number of benzene rings is 1. The van der Waals surface area contributed by atoms with Gasteiger partial charge in [-0.3, -0.25) is 0 Å². The number of fused-ring (bicyclic) bond motifs is 1. The van der Waals surface area contributed by atoms with Gasteiger partial charge in [-0.15, -0.1) is 0 Å². The average molecular weight is 423 g/mol. The lowest BCUT2D eigenvalue weighted by atomic mass is 10.1. The van der Waals surface area contributed by atoms with Crippen LogP contribution in [0.2, 0.25) is 0 Å². The fourth-order valence-electron chi connectivity index (χ4n) is 3.91. The van der Waals surface area contributed by atoms with Gasteiger partial charge in [0.1, 0.15) is 12.4 Å². The van der Waals surface area contributed by atoms with Gasteiger partial charge in [-0.25, -0.2) is 9.97 Å². The normalized spacial score (nSPS) is 14.0. The van der Waals surface area contributed by atoms with Gasteiger partial charge >= 0.3 is 0 Å². The molecule has 8 heteroatoms. The van der Waals surface area contributed by atoms with Crippen LogP contribution in [0.3, 0.4) is 0 Å². The number of imidazole rings is 1. The van der Waals surface area contributed by atoms with Crippen molar-refractivity contribution in [3.63, 3.8) is 0 Å². The fraction of sp³-hybridized carbons (Fsp3) is 0.435. The Morgan fingerprint density at radius 1 is 1.29 bits per heavy atom. The maximum atomic E-state index is 5.78. The molecule has 1 N–H and O–H groups in total. The van der Waals surface area contributed by atoms with Crippen LogP contribution in [0.4, 0.5) is 17.5 Å². The minimum atomic E-state index is 0.533. The molecule has 0 radical (unpaired) electrons. The van der Waals surface area contributed by atoms with Crippen LogP contribution in [0.5, 0.6) is 11.5 Å². The molecule has 0 amide bonds. The second-order valence-corrected chi connectivity index (χ2v) is 8.00. The predicted molar refractivity (Wildman–Crippen MR) is 122 cm³/mol. The number of ether oxygens (including phenoxy) is 2. The summed E-state index contributed by atoms with van der Waals surface area (Å²) in [5, 5.41) is 3.30. The summed E-state index contributed by atoms with van der Waals surface area (Å²) in [6, 6.07) is 5.90. The van der Waals surface area contributed by atoms with Gasteiger partial charge in [-0.05, 0) is 31.4 Å². The van der Waals surface area contributed by atoms with Crippen LogP contribution in [0, 0.1) is 12.8 Å². The topological polar surface area (TPSA) is 77.3 Å². The lowest BCUT2D eigenvalue weighted by molar-refractivity contribution is 0.299. The quantitative estimate of drug-likeness (QED) is 0.578. The van der Waals surface area contributed by atoms with E-state index in [1.165, 1.54) is 12.8 Å². The van der Waals surface area contributed by atoms with E-state index in [0.717, 1.165) is 47.5 Å². The summed E-state index contributed by atoms with van der Waals surface area (Å²) >= 11 is 0. The Labute approximate surface area is 183 Å². The number of aryl methyl sites for hydroxylation is 1. The number of methoxy groups -OCH3 is 1. The minimum Gasteiger partial charge on any atom is -0.494 e. The van der Waals surface area contributed by atoms with E-state index < -0.39 is 0 Å². The number of aromatic nitrogens is 4. The van der Waals surface area contributed by atoms with E-state index >= 15 is 0 Å². The number of hydrogen-bond donors (Lipinski definition) is 1. The molecular weight excluding hydrogens is 392 g/mol. The zero-order chi connectivity index (χ0) is 21.8. The van der Waals surface area contributed by atoms with Crippen LogP contribution < -0.4 is 19.7 Å². The third kappa shape index (κ3) is 4.73. The van der Waals surface area contributed by atoms with Gasteiger partial charge in [0.25, 0.3) is 0 Å². The zero-order valence-electron chi connectivity index (χ0n) is 18.6. The first-order valence-electron chi connectivity index (χ1n) is 10.8. The maximum Gasteiger partial charge on any atom is 0.229 e. The highest BCUT2D eigenvalue weighted by atomic mass is 16.5. The summed E-state index contributed by atoms with van der Waals surface area (Å²) in [6.45, 7) is 8.94. The van der Waals surface area contributed by atoms with Crippen LogP contribution >= 0.6 is 0 Å². The smallest absolute Gasteiger partial charge is 0.229 e. The largest absolute Gasteiger partial charge is 0.494 e. The first kappa shape index (κ1) is 21.0. The van der Waals surface area contributed by atoms with Crippen molar-refractivity contribution in [2.75, 3.05) is 37.0 Å². The Morgan fingerprint density at radius 2 is 2.16 bits per heavy atom. The summed E-state index contributed by atoms with van der Waals surface area (Å²) in [5.41, 5.74) is 2.72. The molecule has 1 aromatic carbocycles. The molecule has 164 valence electrons. The van der Waals surface area contributed by atoms with Crippen LogP contribution in [-0.4, -0.2) is 46.3 Å². The van der Waals surface area contributed by atoms with Gasteiger partial charge in [0.2, 0.25) is 5.95 Å². The van der Waals surface area contributed by atoms with Crippen molar-refractivity contribution in [3.05, 3.63) is 42.6 Å². The van der Waals surface area contributed by atoms with E-state index in [1.54, 1.807) is 19.6 Å². The third-order valence-electron chi connectivity index (χ3n) is 5.39. The van der Waals surface area contributed by atoms with Crippen molar-refractivity contribution >= 4 is 17.5 Å². The molecule has 1 aliphatic heterocycles. The highest BCUT2D eigenvalue weighted by Gasteiger charge is 2.22. The van der Waals surface area contributed by atoms with Crippen molar-refractivity contribution in [1.29, 1.82) is 0 Å². The van der Waals surface area contributed by atoms with Crippen molar-refractivity contribution in [2.24, 2.45) is 5.92 Å². The van der Waals surface area contributed by atoms with Gasteiger partial charge < -0.3 is 24.3 Å². The highest BCUT2D eigenvalue weighted by molar-refractivity contribution is 5.64. The Kier molecular flexibility index (Phi) is 6.25. The molecule has 1 aliphatic rings. The van der Waals surface area contributed by atoms with Gasteiger partial charge in [-0.1, -0.05) is 20.3 Å². The van der Waals surface area contributed by atoms with E-state index in [-0.39, 0.29) is 0 Å². The van der Waals surface area contributed by atoms with Crippen LogP contribution in [-0.2, 0) is 0 Å². The molecule has 8 nitrogen and oxygen atoms in total. The first-order chi connectivity index (χ1) is 15.1. The molecule has 0 saturated carbocycles. The highest BCUT2D eigenvalue weighted by Crippen LogP contribution is 2.32. The molecule has 0 aliphatic carbocycles. The Hall–Kier alpha value is -3.29. The average Bonchev–Trinajstić information content (AvgIpc) is 3.20. The number of hydrogen-bond acceptors (Lipinski definition) is 7. The van der Waals surface area contributed by atoms with Gasteiger partial charge in [0.15, 0.2) is 11.6 Å². The van der Waals surface area contributed by atoms with E-state index in [4.69, 9.17) is 14.5 Å². The van der Waals surface area contributed by atoms with Gasteiger partial charge in [0.05, 0.1) is 37.6 Å². The minimum absolute atomic E-state index is 0.533. The zero-order valence-corrected chi connectivity index (χ0v) is 18.6. The summed E-state index contributed by atoms with van der Waals surface area (Å²) in [6.07, 6.45) is 7.88. The van der Waals surface area contributed by atoms with Crippen molar-refractivity contribution < 1.29 is 9.47 Å². The molecular formula is C23H30N6O2. The van der Waals surface area contributed by atoms with Crippen molar-refractivity contribution in [1.82, 2.24) is 19.5 Å². The molecule has 0 fully saturated rings. The maximum absolute atomic E-state index is 5.78. The monoisotopic (exact) mass is 422 g/mol. The standard InChI is InChI=1S/C23H30N6O2/c1-5-6-16(2)13-28-9-10-31-21-12-24-23(27-22(21)28)26-18-7-8-19(20(11-18)30-4)29-14-17(3)25-15-29/h7-8,11-12,14-16H,5-6,9-10,13H2,1-4H3,(H,24,26,27). The molecule has 0 bridgehead atoms. The summed E-state index contributed by atoms with van der Waals surface area (Å²) < 4.78 is 13.3. The first-order valence-corrected chi connectivity index (χ1v) is 10.8. The SMILES string of the molecule is CCCC(C)CN1CCOc2cnc(Nc3ccc(-n4cnc(C)c4)c(OC)c3)nc21. The van der Waals surface area contributed by atoms with E-state index in [1.807, 2.05) is 35.9 Å². The predicted octanol–water partition coefficient (Wildman–Crippen LogP) is 4.36. The second kappa shape index (κ2) is 9.24. The third-order valence-corrected chi connectivity index (χ3v) is 5.39. The molecule has 0 saturated heterocycles. The summed E-state index contributed by atoms with van der Waals surface area (Å²) in [7, 11) is 1.66. The van der Waals surface area contributed by atoms with Crippen LogP contribution in [0.1, 0.15) is 32.4 Å². The van der Waals surface area contributed by atoms with Crippen LogP contribution in [0.15, 0.2) is 36.9 Å². The van der Waals surface area contributed by atoms with Gasteiger partial charge in [0, 0.05) is 24.5 Å². The van der Waals surface area contributed by atoms with E-state index in [9.17, 15) is 0 Å². The number of anilines is 3. The molecule has 3 heterocycles. The number of rotatable bonds is 8. The molecule has 2 aromatic heterocycles.